The zero-order valence-corrected chi connectivity index (χ0v) is 6.64. The molecule has 0 aromatic rings. The molecule has 2 atom stereocenters. The SMILES string of the molecule is CC1CC1C1(CO)CCC1. The lowest BCUT2D eigenvalue weighted by Gasteiger charge is -2.41. The van der Waals surface area contributed by atoms with E-state index < -0.39 is 0 Å². The van der Waals surface area contributed by atoms with Crippen LogP contribution in [-0.4, -0.2) is 11.7 Å². The smallest absolute Gasteiger partial charge is 0.0490 e. The molecule has 2 aliphatic carbocycles. The monoisotopic (exact) mass is 140 g/mol. The van der Waals surface area contributed by atoms with Crippen molar-refractivity contribution in [3.05, 3.63) is 0 Å². The number of aliphatic hydroxyl groups is 1. The number of aliphatic hydroxyl groups excluding tert-OH is 1. The first-order chi connectivity index (χ1) is 4.78. The largest absolute Gasteiger partial charge is 0.396 e. The number of hydrogen-bond acceptors (Lipinski definition) is 1. The summed E-state index contributed by atoms with van der Waals surface area (Å²) in [5.41, 5.74) is 0.402. The van der Waals surface area contributed by atoms with E-state index in [0.717, 1.165) is 11.8 Å². The molecule has 0 amide bonds. The molecule has 0 heterocycles. The lowest BCUT2D eigenvalue weighted by molar-refractivity contribution is 0.0183. The fraction of sp³-hybridized carbons (Fsp3) is 1.00. The maximum atomic E-state index is 9.16. The minimum absolute atomic E-state index is 0.402. The van der Waals surface area contributed by atoms with E-state index in [1.165, 1.54) is 25.7 Å². The predicted octanol–water partition coefficient (Wildman–Crippen LogP) is 1.80. The Hall–Kier alpha value is -0.0400. The van der Waals surface area contributed by atoms with E-state index in [9.17, 15) is 0 Å². The van der Waals surface area contributed by atoms with Gasteiger partial charge in [0.05, 0.1) is 0 Å². The molecule has 0 aliphatic heterocycles. The highest BCUT2D eigenvalue weighted by atomic mass is 16.3. The van der Waals surface area contributed by atoms with Crippen LogP contribution >= 0.6 is 0 Å². The van der Waals surface area contributed by atoms with Gasteiger partial charge in [-0.05, 0) is 36.5 Å². The molecule has 1 heteroatoms. The van der Waals surface area contributed by atoms with Crippen molar-refractivity contribution in [2.45, 2.75) is 32.6 Å². The summed E-state index contributed by atoms with van der Waals surface area (Å²) >= 11 is 0. The molecule has 0 aromatic heterocycles. The molecule has 2 unspecified atom stereocenters. The van der Waals surface area contributed by atoms with Gasteiger partial charge in [-0.1, -0.05) is 13.3 Å². The van der Waals surface area contributed by atoms with Crippen molar-refractivity contribution in [3.63, 3.8) is 0 Å². The first-order valence-corrected chi connectivity index (χ1v) is 4.39. The highest BCUT2D eigenvalue weighted by Gasteiger charge is 2.52. The average Bonchev–Trinajstić information content (AvgIpc) is 2.46. The highest BCUT2D eigenvalue weighted by Crippen LogP contribution is 2.59. The molecule has 0 saturated heterocycles. The number of hydrogen-bond donors (Lipinski definition) is 1. The maximum Gasteiger partial charge on any atom is 0.0490 e. The van der Waals surface area contributed by atoms with Crippen LogP contribution in [0.15, 0.2) is 0 Å². The molecule has 10 heavy (non-hydrogen) atoms. The van der Waals surface area contributed by atoms with Gasteiger partial charge in [0.15, 0.2) is 0 Å². The van der Waals surface area contributed by atoms with E-state index in [1.807, 2.05) is 0 Å². The highest BCUT2D eigenvalue weighted by molar-refractivity contribution is 5.02. The lowest BCUT2D eigenvalue weighted by atomic mass is 9.65. The summed E-state index contributed by atoms with van der Waals surface area (Å²) < 4.78 is 0. The Bertz CT molecular complexity index is 132. The van der Waals surface area contributed by atoms with Gasteiger partial charge in [0, 0.05) is 6.61 Å². The molecule has 1 N–H and O–H groups in total. The molecule has 2 aliphatic rings. The molecule has 0 aromatic carbocycles. The Balaban J connectivity index is 1.99. The molecular weight excluding hydrogens is 124 g/mol. The Morgan fingerprint density at radius 3 is 2.20 bits per heavy atom. The summed E-state index contributed by atoms with van der Waals surface area (Å²) in [5, 5.41) is 9.16. The van der Waals surface area contributed by atoms with Crippen molar-refractivity contribution >= 4 is 0 Å². The van der Waals surface area contributed by atoms with Gasteiger partial charge in [0.25, 0.3) is 0 Å². The van der Waals surface area contributed by atoms with Crippen LogP contribution in [0.1, 0.15) is 32.6 Å². The van der Waals surface area contributed by atoms with E-state index in [4.69, 9.17) is 5.11 Å². The summed E-state index contributed by atoms with van der Waals surface area (Å²) in [6.45, 7) is 2.75. The Kier molecular flexibility index (Phi) is 1.31. The molecule has 2 rings (SSSR count). The summed E-state index contributed by atoms with van der Waals surface area (Å²) in [5.74, 6) is 1.79. The first-order valence-electron chi connectivity index (χ1n) is 4.39. The van der Waals surface area contributed by atoms with Crippen LogP contribution in [-0.2, 0) is 0 Å². The van der Waals surface area contributed by atoms with Crippen molar-refractivity contribution in [2.24, 2.45) is 17.3 Å². The Morgan fingerprint density at radius 1 is 1.50 bits per heavy atom. The normalized spacial score (nSPS) is 42.6. The van der Waals surface area contributed by atoms with Crippen molar-refractivity contribution in [1.29, 1.82) is 0 Å². The molecule has 2 saturated carbocycles. The van der Waals surface area contributed by atoms with Crippen LogP contribution in [0.25, 0.3) is 0 Å². The Labute approximate surface area is 62.4 Å². The van der Waals surface area contributed by atoms with Crippen LogP contribution in [0.4, 0.5) is 0 Å². The summed E-state index contributed by atoms with van der Waals surface area (Å²) in [6, 6.07) is 0. The third kappa shape index (κ3) is 0.731. The van der Waals surface area contributed by atoms with E-state index >= 15 is 0 Å². The van der Waals surface area contributed by atoms with Crippen molar-refractivity contribution in [2.75, 3.05) is 6.61 Å². The van der Waals surface area contributed by atoms with Crippen LogP contribution in [0.2, 0.25) is 0 Å². The third-order valence-electron chi connectivity index (χ3n) is 3.56. The number of rotatable bonds is 2. The second kappa shape index (κ2) is 1.97. The fourth-order valence-corrected chi connectivity index (χ4v) is 2.45. The molecule has 0 bridgehead atoms. The minimum atomic E-state index is 0.402. The van der Waals surface area contributed by atoms with Crippen LogP contribution in [0, 0.1) is 17.3 Å². The molecule has 58 valence electrons. The van der Waals surface area contributed by atoms with Crippen molar-refractivity contribution < 1.29 is 5.11 Å². The van der Waals surface area contributed by atoms with Gasteiger partial charge in [-0.2, -0.15) is 0 Å². The molecular formula is C9H16O. The van der Waals surface area contributed by atoms with E-state index in [1.54, 1.807) is 0 Å². The maximum absolute atomic E-state index is 9.16. The summed E-state index contributed by atoms with van der Waals surface area (Å²) in [7, 11) is 0. The third-order valence-corrected chi connectivity index (χ3v) is 3.56. The lowest BCUT2D eigenvalue weighted by Crippen LogP contribution is -2.35. The summed E-state index contributed by atoms with van der Waals surface area (Å²) in [6.07, 6.45) is 5.31. The van der Waals surface area contributed by atoms with Gasteiger partial charge in [-0.25, -0.2) is 0 Å². The van der Waals surface area contributed by atoms with E-state index in [0.29, 0.717) is 12.0 Å². The first kappa shape index (κ1) is 6.66. The van der Waals surface area contributed by atoms with Gasteiger partial charge in [-0.15, -0.1) is 0 Å². The van der Waals surface area contributed by atoms with Gasteiger partial charge in [0.2, 0.25) is 0 Å². The second-order valence-electron chi connectivity index (χ2n) is 4.19. The van der Waals surface area contributed by atoms with Gasteiger partial charge in [0.1, 0.15) is 0 Å². The van der Waals surface area contributed by atoms with Gasteiger partial charge in [-0.3, -0.25) is 0 Å². The topological polar surface area (TPSA) is 20.2 Å². The zero-order valence-electron chi connectivity index (χ0n) is 6.64. The molecule has 2 fully saturated rings. The molecule has 1 nitrogen and oxygen atoms in total. The second-order valence-corrected chi connectivity index (χ2v) is 4.19. The average molecular weight is 140 g/mol. The standard InChI is InChI=1S/C9H16O/c1-7-5-8(7)9(6-10)3-2-4-9/h7-8,10H,2-6H2,1H3. The quantitative estimate of drug-likeness (QED) is 0.620. The summed E-state index contributed by atoms with van der Waals surface area (Å²) in [4.78, 5) is 0. The minimum Gasteiger partial charge on any atom is -0.396 e. The van der Waals surface area contributed by atoms with Crippen molar-refractivity contribution in [1.82, 2.24) is 0 Å². The van der Waals surface area contributed by atoms with Crippen LogP contribution in [0.5, 0.6) is 0 Å². The van der Waals surface area contributed by atoms with Gasteiger partial charge < -0.3 is 5.11 Å². The molecule has 0 radical (unpaired) electrons. The fourth-order valence-electron chi connectivity index (χ4n) is 2.45. The zero-order chi connectivity index (χ0) is 7.19. The van der Waals surface area contributed by atoms with E-state index in [2.05, 4.69) is 6.92 Å². The van der Waals surface area contributed by atoms with E-state index in [-0.39, 0.29) is 0 Å². The Morgan fingerprint density at radius 2 is 2.10 bits per heavy atom. The van der Waals surface area contributed by atoms with Gasteiger partial charge >= 0.3 is 0 Å². The van der Waals surface area contributed by atoms with Crippen molar-refractivity contribution in [3.8, 4) is 0 Å². The van der Waals surface area contributed by atoms with Crippen LogP contribution < -0.4 is 0 Å². The van der Waals surface area contributed by atoms with Crippen LogP contribution in [0.3, 0.4) is 0 Å². The molecule has 0 spiro atoms. The predicted molar refractivity (Wildman–Crippen MR) is 40.6 cm³/mol.